The highest BCUT2D eigenvalue weighted by Crippen LogP contribution is 2.41. The van der Waals surface area contributed by atoms with E-state index < -0.39 is 30.1 Å². The van der Waals surface area contributed by atoms with Gasteiger partial charge < -0.3 is 33.5 Å². The van der Waals surface area contributed by atoms with Gasteiger partial charge in [0.2, 0.25) is 12.6 Å². The summed E-state index contributed by atoms with van der Waals surface area (Å²) in [6.45, 7) is 16.7. The van der Waals surface area contributed by atoms with Crippen LogP contribution in [0.25, 0.3) is 0 Å². The maximum absolute atomic E-state index is 9.47. The van der Waals surface area contributed by atoms with E-state index in [4.69, 9.17) is 28.4 Å². The Labute approximate surface area is 171 Å². The summed E-state index contributed by atoms with van der Waals surface area (Å²) in [6.07, 6.45) is -1.92. The Morgan fingerprint density at radius 2 is 1.11 bits per heavy atom. The Kier molecular flexibility index (Phi) is 9.96. The van der Waals surface area contributed by atoms with Gasteiger partial charge in [0.25, 0.3) is 0 Å². The van der Waals surface area contributed by atoms with Crippen LogP contribution >= 0.6 is 0 Å². The van der Waals surface area contributed by atoms with Crippen LogP contribution in [0.4, 0.5) is 0 Å². The normalized spacial score (nSPS) is 37.9. The SMILES string of the molecule is C.C.C.C.C=C1O[C@@H]2OC(C)(C)O[C@@H]2[C@H]1C.C=C1O[C@@H]2OC(C)(C)O[C@@H]2[C@H]1O. The van der Waals surface area contributed by atoms with Crippen molar-refractivity contribution in [3.63, 3.8) is 0 Å². The molecule has 4 heterocycles. The largest absolute Gasteiger partial charge is 0.467 e. The quantitative estimate of drug-likeness (QED) is 0.632. The Balaban J connectivity index is 0. The van der Waals surface area contributed by atoms with E-state index >= 15 is 0 Å². The van der Waals surface area contributed by atoms with Gasteiger partial charge in [-0.25, -0.2) is 0 Å². The standard InChI is InChI=1S/C9H14O3.C8H12O4.4CH4/c1-5-6(2)10-8-7(5)11-9(3,4)12-8;1-4-5(9)6-7(10-4)12-8(2,3)11-6;;;;/h5,7-8H,2H2,1,3-4H3;5-7,9H,1H2,2-3H3;4*1H4/t5-,7+,8+;5-,6+,7+;;;;/m00..../s1. The molecule has 0 aromatic heterocycles. The second-order valence-corrected chi connectivity index (χ2v) is 7.34. The lowest BCUT2D eigenvalue weighted by molar-refractivity contribution is -0.189. The van der Waals surface area contributed by atoms with Crippen LogP contribution in [0.5, 0.6) is 0 Å². The molecule has 0 bridgehead atoms. The first-order valence-corrected chi connectivity index (χ1v) is 8.09. The smallest absolute Gasteiger partial charge is 0.231 e. The first-order chi connectivity index (χ1) is 11.0. The number of fused-ring (bicyclic) bond motifs is 2. The zero-order chi connectivity index (χ0) is 17.9. The molecule has 4 fully saturated rings. The molecule has 4 aliphatic rings. The van der Waals surface area contributed by atoms with Crippen LogP contribution in [0.15, 0.2) is 24.7 Å². The third-order valence-electron chi connectivity index (χ3n) is 4.35. The summed E-state index contributed by atoms with van der Waals surface area (Å²) in [4.78, 5) is 0. The minimum atomic E-state index is -0.767. The van der Waals surface area contributed by atoms with Crippen LogP contribution in [0.1, 0.15) is 64.3 Å². The van der Waals surface area contributed by atoms with Gasteiger partial charge in [-0.05, 0) is 27.7 Å². The van der Waals surface area contributed by atoms with E-state index in [1.807, 2.05) is 20.8 Å². The van der Waals surface area contributed by atoms with E-state index in [0.717, 1.165) is 5.76 Å². The van der Waals surface area contributed by atoms with E-state index in [1.54, 1.807) is 13.8 Å². The number of hydrogen-bond acceptors (Lipinski definition) is 7. The summed E-state index contributed by atoms with van der Waals surface area (Å²) < 4.78 is 32.4. The van der Waals surface area contributed by atoms with Crippen molar-refractivity contribution < 1.29 is 33.5 Å². The molecule has 0 saturated carbocycles. The Bertz CT molecular complexity index is 495. The van der Waals surface area contributed by atoms with Gasteiger partial charge in [0, 0.05) is 5.92 Å². The second-order valence-electron chi connectivity index (χ2n) is 7.34. The van der Waals surface area contributed by atoms with Crippen molar-refractivity contribution in [2.75, 3.05) is 0 Å². The summed E-state index contributed by atoms with van der Waals surface area (Å²) in [7, 11) is 0. The Morgan fingerprint density at radius 1 is 0.714 bits per heavy atom. The van der Waals surface area contributed by atoms with Crippen molar-refractivity contribution in [1.29, 1.82) is 0 Å². The van der Waals surface area contributed by atoms with Crippen molar-refractivity contribution in [3.8, 4) is 0 Å². The Hall–Kier alpha value is -1.12. The van der Waals surface area contributed by atoms with Crippen LogP contribution < -0.4 is 0 Å². The van der Waals surface area contributed by atoms with E-state index in [1.165, 1.54) is 0 Å². The molecular formula is C21H42O7. The topological polar surface area (TPSA) is 75.6 Å². The molecular weight excluding hydrogens is 364 g/mol. The van der Waals surface area contributed by atoms with E-state index in [0.29, 0.717) is 5.76 Å². The summed E-state index contributed by atoms with van der Waals surface area (Å²) >= 11 is 0. The maximum atomic E-state index is 9.47. The number of rotatable bonds is 0. The second kappa shape index (κ2) is 9.59. The minimum absolute atomic E-state index is 0. The van der Waals surface area contributed by atoms with Gasteiger partial charge in [0.1, 0.15) is 18.0 Å². The molecule has 0 aliphatic carbocycles. The van der Waals surface area contributed by atoms with E-state index in [-0.39, 0.29) is 48.0 Å². The lowest BCUT2D eigenvalue weighted by atomic mass is 10.1. The van der Waals surface area contributed by atoms with Crippen LogP contribution in [-0.4, -0.2) is 47.6 Å². The molecule has 28 heavy (non-hydrogen) atoms. The number of aliphatic hydroxyl groups is 1. The molecule has 0 aromatic carbocycles. The van der Waals surface area contributed by atoms with Crippen molar-refractivity contribution >= 4 is 0 Å². The third-order valence-corrected chi connectivity index (χ3v) is 4.35. The van der Waals surface area contributed by atoms with Crippen LogP contribution in [-0.2, 0) is 28.4 Å². The minimum Gasteiger partial charge on any atom is -0.467 e. The average molecular weight is 407 g/mol. The Morgan fingerprint density at radius 3 is 1.54 bits per heavy atom. The van der Waals surface area contributed by atoms with Crippen LogP contribution in [0.3, 0.4) is 0 Å². The molecule has 4 rings (SSSR count). The molecule has 0 radical (unpaired) electrons. The van der Waals surface area contributed by atoms with E-state index in [9.17, 15) is 5.11 Å². The third kappa shape index (κ3) is 5.48. The monoisotopic (exact) mass is 406 g/mol. The lowest BCUT2D eigenvalue weighted by Gasteiger charge is -2.19. The fourth-order valence-electron chi connectivity index (χ4n) is 3.09. The van der Waals surface area contributed by atoms with Gasteiger partial charge >= 0.3 is 0 Å². The molecule has 4 saturated heterocycles. The molecule has 0 spiro atoms. The van der Waals surface area contributed by atoms with Gasteiger partial charge in [-0.3, -0.25) is 0 Å². The highest BCUT2D eigenvalue weighted by Gasteiger charge is 2.52. The number of aliphatic hydroxyl groups excluding tert-OH is 1. The molecule has 7 nitrogen and oxygen atoms in total. The summed E-state index contributed by atoms with van der Waals surface area (Å²) in [5.74, 6) is 0.138. The molecule has 168 valence electrons. The molecule has 0 amide bonds. The average Bonchev–Trinajstić information content (AvgIpc) is 3.06. The summed E-state index contributed by atoms with van der Waals surface area (Å²) in [5, 5.41) is 9.47. The maximum Gasteiger partial charge on any atom is 0.231 e. The lowest BCUT2D eigenvalue weighted by Crippen LogP contribution is -2.28. The predicted molar refractivity (Wildman–Crippen MR) is 110 cm³/mol. The zero-order valence-electron chi connectivity index (χ0n) is 14.8. The first kappa shape index (κ1) is 29.1. The molecule has 6 atom stereocenters. The molecule has 7 heteroatoms. The molecule has 0 aromatic rings. The molecule has 4 aliphatic heterocycles. The van der Waals surface area contributed by atoms with Gasteiger partial charge in [0.05, 0.1) is 5.76 Å². The zero-order valence-corrected chi connectivity index (χ0v) is 14.8. The van der Waals surface area contributed by atoms with Crippen molar-refractivity contribution in [1.82, 2.24) is 0 Å². The van der Waals surface area contributed by atoms with Gasteiger partial charge in [0.15, 0.2) is 17.7 Å². The fourth-order valence-corrected chi connectivity index (χ4v) is 3.09. The highest BCUT2D eigenvalue weighted by molar-refractivity contribution is 5.06. The number of hydrogen-bond donors (Lipinski definition) is 1. The van der Waals surface area contributed by atoms with Gasteiger partial charge in [-0.15, -0.1) is 0 Å². The van der Waals surface area contributed by atoms with Crippen molar-refractivity contribution in [2.45, 2.75) is 107 Å². The van der Waals surface area contributed by atoms with Crippen LogP contribution in [0.2, 0.25) is 0 Å². The van der Waals surface area contributed by atoms with Crippen molar-refractivity contribution in [3.05, 3.63) is 24.7 Å². The summed E-state index contributed by atoms with van der Waals surface area (Å²) in [5.41, 5.74) is 0. The summed E-state index contributed by atoms with van der Waals surface area (Å²) in [6, 6.07) is 0. The highest BCUT2D eigenvalue weighted by atomic mass is 16.8. The molecule has 0 unspecified atom stereocenters. The van der Waals surface area contributed by atoms with Crippen molar-refractivity contribution in [2.24, 2.45) is 5.92 Å². The fraction of sp³-hybridized carbons (Fsp3) is 0.810. The van der Waals surface area contributed by atoms with Crippen LogP contribution in [0, 0.1) is 5.92 Å². The predicted octanol–water partition coefficient (Wildman–Crippen LogP) is 4.56. The van der Waals surface area contributed by atoms with Gasteiger partial charge in [-0.1, -0.05) is 49.8 Å². The number of ether oxygens (including phenoxy) is 6. The molecule has 1 N–H and O–H groups in total. The van der Waals surface area contributed by atoms with Gasteiger partial charge in [-0.2, -0.15) is 0 Å². The first-order valence-electron chi connectivity index (χ1n) is 8.09. The van der Waals surface area contributed by atoms with E-state index in [2.05, 4.69) is 13.2 Å².